The van der Waals surface area contributed by atoms with E-state index in [1.807, 2.05) is 5.43 Å². The predicted molar refractivity (Wildman–Crippen MR) is 52.5 cm³/mol. The molecule has 0 bridgehead atoms. The standard InChI is InChI=1S/C8H9N3O5/c12-5-2-1-4(6(13)7(5)14)3-9-10-8(15)11-16/h1-3,12-14,16H,(H2,10,11,15)/b9-3+. The summed E-state index contributed by atoms with van der Waals surface area (Å²) in [6.45, 7) is 0. The van der Waals surface area contributed by atoms with Gasteiger partial charge in [-0.05, 0) is 12.1 Å². The average Bonchev–Trinajstić information content (AvgIpc) is 2.29. The molecule has 0 fully saturated rings. The number of nitrogens with zero attached hydrogens (tertiary/aromatic N) is 1. The summed E-state index contributed by atoms with van der Waals surface area (Å²) in [6, 6.07) is 1.45. The van der Waals surface area contributed by atoms with Gasteiger partial charge in [0.1, 0.15) is 0 Å². The zero-order valence-electron chi connectivity index (χ0n) is 7.88. The average molecular weight is 227 g/mol. The van der Waals surface area contributed by atoms with Gasteiger partial charge in [-0.25, -0.2) is 15.7 Å². The van der Waals surface area contributed by atoms with Crippen LogP contribution in [0.2, 0.25) is 0 Å². The fourth-order valence-corrected chi connectivity index (χ4v) is 0.874. The number of aromatic hydroxyl groups is 3. The fraction of sp³-hybridized carbons (Fsp3) is 0. The molecular formula is C8H9N3O5. The smallest absolute Gasteiger partial charge is 0.358 e. The lowest BCUT2D eigenvalue weighted by Gasteiger charge is -2.03. The molecule has 1 aromatic carbocycles. The maximum absolute atomic E-state index is 10.5. The number of nitrogens with one attached hydrogen (secondary N) is 2. The van der Waals surface area contributed by atoms with Crippen molar-refractivity contribution in [2.75, 3.05) is 0 Å². The first kappa shape index (κ1) is 11.6. The second-order valence-corrected chi connectivity index (χ2v) is 2.68. The van der Waals surface area contributed by atoms with Crippen LogP contribution < -0.4 is 10.9 Å². The van der Waals surface area contributed by atoms with Crippen LogP contribution in [0, 0.1) is 0 Å². The van der Waals surface area contributed by atoms with Crippen molar-refractivity contribution in [3.8, 4) is 17.2 Å². The first-order chi connectivity index (χ1) is 7.56. The summed E-state index contributed by atoms with van der Waals surface area (Å²) in [5.74, 6) is -1.73. The molecule has 16 heavy (non-hydrogen) atoms. The number of carbonyl (C=O) groups excluding carboxylic acids is 1. The Morgan fingerprint density at radius 2 is 1.94 bits per heavy atom. The largest absolute Gasteiger partial charge is 0.504 e. The number of phenols is 3. The van der Waals surface area contributed by atoms with Gasteiger partial charge in [-0.15, -0.1) is 0 Å². The molecule has 0 aromatic heterocycles. The Morgan fingerprint density at radius 3 is 2.56 bits per heavy atom. The van der Waals surface area contributed by atoms with Crippen LogP contribution >= 0.6 is 0 Å². The molecule has 0 aliphatic heterocycles. The molecule has 86 valence electrons. The first-order valence-electron chi connectivity index (χ1n) is 4.03. The Balaban J connectivity index is 2.82. The summed E-state index contributed by atoms with van der Waals surface area (Å²) in [4.78, 5) is 10.5. The topological polar surface area (TPSA) is 134 Å². The first-order valence-corrected chi connectivity index (χ1v) is 4.03. The van der Waals surface area contributed by atoms with Crippen LogP contribution in [0.4, 0.5) is 4.79 Å². The van der Waals surface area contributed by atoms with E-state index in [2.05, 4.69) is 5.10 Å². The molecule has 1 aromatic rings. The van der Waals surface area contributed by atoms with E-state index in [0.29, 0.717) is 0 Å². The minimum Gasteiger partial charge on any atom is -0.504 e. The van der Waals surface area contributed by atoms with Gasteiger partial charge < -0.3 is 15.3 Å². The van der Waals surface area contributed by atoms with Crippen molar-refractivity contribution in [3.05, 3.63) is 17.7 Å². The van der Waals surface area contributed by atoms with Gasteiger partial charge in [0.2, 0.25) is 5.75 Å². The zero-order valence-corrected chi connectivity index (χ0v) is 7.88. The lowest BCUT2D eigenvalue weighted by molar-refractivity contribution is 0.162. The lowest BCUT2D eigenvalue weighted by atomic mass is 10.2. The highest BCUT2D eigenvalue weighted by Crippen LogP contribution is 2.35. The minimum atomic E-state index is -0.959. The molecular weight excluding hydrogens is 218 g/mol. The number of benzene rings is 1. The normalized spacial score (nSPS) is 10.3. The van der Waals surface area contributed by atoms with Gasteiger partial charge in [0.25, 0.3) is 0 Å². The van der Waals surface area contributed by atoms with Gasteiger partial charge in [-0.1, -0.05) is 0 Å². The van der Waals surface area contributed by atoms with Crippen molar-refractivity contribution in [2.24, 2.45) is 5.10 Å². The van der Waals surface area contributed by atoms with E-state index < -0.39 is 23.3 Å². The van der Waals surface area contributed by atoms with Crippen LogP contribution in [-0.2, 0) is 0 Å². The van der Waals surface area contributed by atoms with Crippen molar-refractivity contribution in [2.45, 2.75) is 0 Å². The van der Waals surface area contributed by atoms with Gasteiger partial charge in [0.05, 0.1) is 6.21 Å². The Labute approximate surface area is 89.4 Å². The van der Waals surface area contributed by atoms with Crippen LogP contribution in [0.3, 0.4) is 0 Å². The number of rotatable bonds is 2. The van der Waals surface area contributed by atoms with E-state index in [9.17, 15) is 9.90 Å². The number of hydrogen-bond acceptors (Lipinski definition) is 6. The van der Waals surface area contributed by atoms with Crippen LogP contribution in [0.5, 0.6) is 17.2 Å². The van der Waals surface area contributed by atoms with E-state index in [4.69, 9.17) is 15.4 Å². The fourth-order valence-electron chi connectivity index (χ4n) is 0.874. The van der Waals surface area contributed by atoms with E-state index in [1.165, 1.54) is 11.5 Å². The predicted octanol–water partition coefficient (Wildman–Crippen LogP) is -0.174. The molecule has 6 N–H and O–H groups in total. The van der Waals surface area contributed by atoms with Gasteiger partial charge >= 0.3 is 6.03 Å². The van der Waals surface area contributed by atoms with E-state index >= 15 is 0 Å². The maximum atomic E-state index is 10.5. The van der Waals surface area contributed by atoms with Crippen molar-refractivity contribution in [1.82, 2.24) is 10.9 Å². The van der Waals surface area contributed by atoms with Gasteiger partial charge in [0, 0.05) is 5.56 Å². The second-order valence-electron chi connectivity index (χ2n) is 2.68. The molecule has 0 radical (unpaired) electrons. The van der Waals surface area contributed by atoms with Gasteiger partial charge in [0.15, 0.2) is 11.5 Å². The third kappa shape index (κ3) is 2.51. The number of hydrazone groups is 1. The van der Waals surface area contributed by atoms with Crippen molar-refractivity contribution in [3.63, 3.8) is 0 Å². The van der Waals surface area contributed by atoms with Crippen molar-refractivity contribution < 1.29 is 25.3 Å². The van der Waals surface area contributed by atoms with Gasteiger partial charge in [-0.3, -0.25) is 5.21 Å². The third-order valence-electron chi connectivity index (χ3n) is 1.63. The summed E-state index contributed by atoms with van der Waals surface area (Å²) in [5, 5.41) is 38.9. The minimum absolute atomic E-state index is 0.0774. The molecule has 8 heteroatoms. The monoisotopic (exact) mass is 227 g/mol. The Kier molecular flexibility index (Phi) is 3.51. The molecule has 1 rings (SSSR count). The van der Waals surface area contributed by atoms with Crippen LogP contribution in [0.15, 0.2) is 17.2 Å². The highest BCUT2D eigenvalue weighted by atomic mass is 16.5. The molecule has 0 aliphatic carbocycles. The van der Waals surface area contributed by atoms with E-state index in [1.54, 1.807) is 0 Å². The molecule has 0 aliphatic rings. The SMILES string of the molecule is O=C(NO)N/N=C/c1ccc(O)c(O)c1O. The van der Waals surface area contributed by atoms with Crippen molar-refractivity contribution >= 4 is 12.2 Å². The molecule has 0 saturated heterocycles. The molecule has 0 atom stereocenters. The number of carbonyl (C=O) groups is 1. The van der Waals surface area contributed by atoms with E-state index in [0.717, 1.165) is 12.3 Å². The van der Waals surface area contributed by atoms with Crippen LogP contribution in [0.1, 0.15) is 5.56 Å². The van der Waals surface area contributed by atoms with Crippen LogP contribution in [0.25, 0.3) is 0 Å². The zero-order chi connectivity index (χ0) is 12.1. The highest BCUT2D eigenvalue weighted by Gasteiger charge is 2.09. The number of hydroxylamine groups is 1. The summed E-state index contributed by atoms with van der Waals surface area (Å²) >= 11 is 0. The molecule has 0 spiro atoms. The second kappa shape index (κ2) is 4.84. The number of amides is 2. The van der Waals surface area contributed by atoms with Gasteiger partial charge in [-0.2, -0.15) is 5.10 Å². The summed E-state index contributed by atoms with van der Waals surface area (Å²) in [5.41, 5.74) is 3.20. The quantitative estimate of drug-likeness (QED) is 0.180. The molecule has 8 nitrogen and oxygen atoms in total. The molecule has 2 amide bonds. The number of hydrogen-bond donors (Lipinski definition) is 6. The summed E-state index contributed by atoms with van der Waals surface area (Å²) in [6.07, 6.45) is 1.02. The highest BCUT2D eigenvalue weighted by molar-refractivity contribution is 5.86. The van der Waals surface area contributed by atoms with Crippen molar-refractivity contribution in [1.29, 1.82) is 0 Å². The summed E-state index contributed by atoms with van der Waals surface area (Å²) < 4.78 is 0. The molecule has 0 heterocycles. The van der Waals surface area contributed by atoms with Crippen LogP contribution in [-0.4, -0.2) is 32.8 Å². The maximum Gasteiger partial charge on any atom is 0.358 e. The summed E-state index contributed by atoms with van der Waals surface area (Å²) in [7, 11) is 0. The number of phenolic OH excluding ortho intramolecular Hbond substituents is 3. The Hall–Kier alpha value is -2.48. The number of urea groups is 1. The molecule has 0 unspecified atom stereocenters. The van der Waals surface area contributed by atoms with E-state index in [-0.39, 0.29) is 5.56 Å². The molecule has 0 saturated carbocycles. The lowest BCUT2D eigenvalue weighted by Crippen LogP contribution is -2.29. The Bertz CT molecular complexity index is 432. The Morgan fingerprint density at radius 1 is 1.25 bits per heavy atom. The third-order valence-corrected chi connectivity index (χ3v) is 1.63.